The Morgan fingerprint density at radius 1 is 0.259 bits per heavy atom. The van der Waals surface area contributed by atoms with E-state index in [0.29, 0.717) is 19.3 Å². The molecule has 0 bridgehead atoms. The van der Waals surface area contributed by atoms with Gasteiger partial charge in [0.25, 0.3) is 0 Å². The second kappa shape index (κ2) is 68.8. The summed E-state index contributed by atoms with van der Waals surface area (Å²) < 4.78 is 16.9. The zero-order valence-electron chi connectivity index (χ0n) is 53.5. The fraction of sp³-hybridized carbons (Fsp3) is 0.747. The number of rotatable bonds is 63. The highest BCUT2D eigenvalue weighted by Crippen LogP contribution is 2.18. The average Bonchev–Trinajstić information content (AvgIpc) is 3.47. The topological polar surface area (TPSA) is 78.9 Å². The summed E-state index contributed by atoms with van der Waals surface area (Å²) in [6.07, 6.45) is 93.2. The molecule has 0 aliphatic carbocycles. The van der Waals surface area contributed by atoms with Crippen LogP contribution >= 0.6 is 0 Å². The van der Waals surface area contributed by atoms with Crippen molar-refractivity contribution in [3.05, 3.63) is 97.2 Å². The lowest BCUT2D eigenvalue weighted by atomic mass is 10.0. The van der Waals surface area contributed by atoms with Crippen LogP contribution in [0, 0.1) is 0 Å². The van der Waals surface area contributed by atoms with Crippen LogP contribution in [-0.4, -0.2) is 37.2 Å². The minimum Gasteiger partial charge on any atom is -0.462 e. The summed E-state index contributed by atoms with van der Waals surface area (Å²) in [6, 6.07) is 0. The summed E-state index contributed by atoms with van der Waals surface area (Å²) >= 11 is 0. The lowest BCUT2D eigenvalue weighted by Crippen LogP contribution is -2.30. The molecule has 466 valence electrons. The molecule has 0 rings (SSSR count). The fourth-order valence-corrected chi connectivity index (χ4v) is 9.91. The predicted octanol–water partition coefficient (Wildman–Crippen LogP) is 24.0. The molecule has 0 aromatic carbocycles. The summed E-state index contributed by atoms with van der Waals surface area (Å²) in [7, 11) is 0. The van der Waals surface area contributed by atoms with Crippen molar-refractivity contribution < 1.29 is 28.6 Å². The van der Waals surface area contributed by atoms with Crippen molar-refractivity contribution >= 4 is 17.9 Å². The molecule has 1 unspecified atom stereocenters. The van der Waals surface area contributed by atoms with Crippen molar-refractivity contribution in [3.63, 3.8) is 0 Å². The second-order valence-electron chi connectivity index (χ2n) is 23.1. The van der Waals surface area contributed by atoms with Gasteiger partial charge in [0, 0.05) is 19.3 Å². The molecule has 0 heterocycles. The summed E-state index contributed by atoms with van der Waals surface area (Å²) in [5, 5.41) is 0. The molecule has 0 aliphatic rings. The van der Waals surface area contributed by atoms with E-state index >= 15 is 0 Å². The van der Waals surface area contributed by atoms with Gasteiger partial charge < -0.3 is 14.2 Å². The molecule has 0 saturated heterocycles. The molecule has 0 radical (unpaired) electrons. The SMILES string of the molecule is CC/C=C\C/C=C\C/C=C\C/C=C\C/C=C\C/C=C\C/C=C\CCCC(=O)OC(COC(=O)CCCCCCC/C=C\CCC)COC(=O)CCCCCCCCCCCCCCCCCCCCCCCCCCCCCCCC. The number of unbranched alkanes of at least 4 members (excludes halogenated alkanes) is 36. The molecule has 0 spiro atoms. The highest BCUT2D eigenvalue weighted by atomic mass is 16.6. The molecular weight excluding hydrogens is 997 g/mol. The van der Waals surface area contributed by atoms with E-state index < -0.39 is 6.10 Å². The van der Waals surface area contributed by atoms with E-state index in [1.165, 1.54) is 186 Å². The van der Waals surface area contributed by atoms with E-state index in [9.17, 15) is 14.4 Å². The Kier molecular flexibility index (Phi) is 65.7. The number of esters is 3. The first kappa shape index (κ1) is 77.3. The van der Waals surface area contributed by atoms with Gasteiger partial charge in [-0.2, -0.15) is 0 Å². The van der Waals surface area contributed by atoms with Gasteiger partial charge in [0.1, 0.15) is 13.2 Å². The van der Waals surface area contributed by atoms with Crippen LogP contribution in [-0.2, 0) is 28.6 Å². The third-order valence-corrected chi connectivity index (χ3v) is 15.1. The van der Waals surface area contributed by atoms with Gasteiger partial charge in [-0.05, 0) is 89.9 Å². The Morgan fingerprint density at radius 2 is 0.519 bits per heavy atom. The van der Waals surface area contributed by atoms with Crippen LogP contribution in [0.5, 0.6) is 0 Å². The third-order valence-electron chi connectivity index (χ3n) is 15.1. The fourth-order valence-electron chi connectivity index (χ4n) is 9.91. The van der Waals surface area contributed by atoms with Crippen molar-refractivity contribution in [3.8, 4) is 0 Å². The van der Waals surface area contributed by atoms with E-state index in [1.807, 2.05) is 0 Å². The lowest BCUT2D eigenvalue weighted by molar-refractivity contribution is -0.167. The van der Waals surface area contributed by atoms with E-state index in [4.69, 9.17) is 14.2 Å². The van der Waals surface area contributed by atoms with Gasteiger partial charge >= 0.3 is 17.9 Å². The number of hydrogen-bond acceptors (Lipinski definition) is 6. The zero-order valence-corrected chi connectivity index (χ0v) is 53.5. The third kappa shape index (κ3) is 67.0. The largest absolute Gasteiger partial charge is 0.462 e. The molecule has 0 saturated carbocycles. The molecule has 0 amide bonds. The minimum atomic E-state index is -0.812. The maximum absolute atomic E-state index is 12.9. The van der Waals surface area contributed by atoms with Crippen LogP contribution in [0.3, 0.4) is 0 Å². The second-order valence-corrected chi connectivity index (χ2v) is 23.1. The number of ether oxygens (including phenoxy) is 3. The molecule has 1 atom stereocenters. The summed E-state index contributed by atoms with van der Waals surface area (Å²) in [5.74, 6) is -0.961. The van der Waals surface area contributed by atoms with Gasteiger partial charge in [-0.3, -0.25) is 14.4 Å². The monoisotopic (exact) mass is 1130 g/mol. The smallest absolute Gasteiger partial charge is 0.306 e. The van der Waals surface area contributed by atoms with Crippen molar-refractivity contribution in [2.45, 2.75) is 348 Å². The molecule has 81 heavy (non-hydrogen) atoms. The summed E-state index contributed by atoms with van der Waals surface area (Å²) in [5.41, 5.74) is 0. The molecule has 0 fully saturated rings. The van der Waals surface area contributed by atoms with Crippen LogP contribution in [0.1, 0.15) is 342 Å². The summed E-state index contributed by atoms with van der Waals surface area (Å²) in [4.78, 5) is 38.3. The Balaban J connectivity index is 4.22. The van der Waals surface area contributed by atoms with Gasteiger partial charge in [-0.25, -0.2) is 0 Å². The maximum Gasteiger partial charge on any atom is 0.306 e. The average molecular weight is 1130 g/mol. The first-order valence-electron chi connectivity index (χ1n) is 34.7. The lowest BCUT2D eigenvalue weighted by Gasteiger charge is -2.18. The maximum atomic E-state index is 12.9. The Hall–Kier alpha value is -3.67. The van der Waals surface area contributed by atoms with Crippen molar-refractivity contribution in [2.75, 3.05) is 13.2 Å². The molecule has 0 aromatic rings. The summed E-state index contributed by atoms with van der Waals surface area (Å²) in [6.45, 7) is 6.45. The predicted molar refractivity (Wildman–Crippen MR) is 353 cm³/mol. The normalized spacial score (nSPS) is 12.7. The number of carbonyl (C=O) groups excluding carboxylic acids is 3. The highest BCUT2D eigenvalue weighted by Gasteiger charge is 2.19. The van der Waals surface area contributed by atoms with Crippen LogP contribution < -0.4 is 0 Å². The van der Waals surface area contributed by atoms with Crippen molar-refractivity contribution in [1.29, 1.82) is 0 Å². The van der Waals surface area contributed by atoms with Gasteiger partial charge in [0.2, 0.25) is 0 Å². The first-order chi connectivity index (χ1) is 40.0. The van der Waals surface area contributed by atoms with E-state index in [2.05, 4.69) is 118 Å². The molecule has 6 heteroatoms. The van der Waals surface area contributed by atoms with E-state index in [-0.39, 0.29) is 37.5 Å². The quantitative estimate of drug-likeness (QED) is 0.0261. The van der Waals surface area contributed by atoms with Crippen molar-refractivity contribution in [1.82, 2.24) is 0 Å². The number of carbonyl (C=O) groups is 3. The Labute approximate surface area is 502 Å². The van der Waals surface area contributed by atoms with Gasteiger partial charge in [0.15, 0.2) is 6.10 Å². The van der Waals surface area contributed by atoms with Crippen LogP contribution in [0.25, 0.3) is 0 Å². The standard InChI is InChI=1S/C75H130O6/c1-4-7-10-13-16-19-22-24-26-28-30-32-34-35-36-37-38-39-40-42-43-45-47-49-51-53-56-59-62-65-68-74(77)80-71-72(70-79-73(76)67-64-61-58-55-21-18-15-12-9-6-3)81-75(78)69-66-63-60-57-54-52-50-48-46-44-41-33-31-29-27-25-23-20-17-14-11-8-5-2/h8,11-12,15,17,20,25,27,31,33,44,46,50,52,57,60,72H,4-7,9-10,13-14,16,18-19,21-24,26,28-30,32,34-43,45,47-49,51,53-56,58-59,61-71H2,1-3H3/b11-8-,15-12-,20-17-,27-25-,33-31-,46-44-,52-50-,60-57-. The van der Waals surface area contributed by atoms with E-state index in [0.717, 1.165) is 109 Å². The zero-order chi connectivity index (χ0) is 58.5. The molecule has 0 aliphatic heterocycles. The Morgan fingerprint density at radius 3 is 0.852 bits per heavy atom. The van der Waals surface area contributed by atoms with Crippen LogP contribution in [0.2, 0.25) is 0 Å². The first-order valence-corrected chi connectivity index (χ1v) is 34.7. The molecule has 0 N–H and O–H groups in total. The molecule has 0 aromatic heterocycles. The van der Waals surface area contributed by atoms with Gasteiger partial charge in [0.05, 0.1) is 0 Å². The van der Waals surface area contributed by atoms with Crippen molar-refractivity contribution in [2.24, 2.45) is 0 Å². The van der Waals surface area contributed by atoms with Gasteiger partial charge in [-0.15, -0.1) is 0 Å². The highest BCUT2D eigenvalue weighted by molar-refractivity contribution is 5.71. The van der Waals surface area contributed by atoms with Gasteiger partial charge in [-0.1, -0.05) is 330 Å². The number of hydrogen-bond donors (Lipinski definition) is 0. The minimum absolute atomic E-state index is 0.101. The van der Waals surface area contributed by atoms with Crippen LogP contribution in [0.15, 0.2) is 97.2 Å². The Bertz CT molecular complexity index is 1580. The van der Waals surface area contributed by atoms with Crippen LogP contribution in [0.4, 0.5) is 0 Å². The number of allylic oxidation sites excluding steroid dienone is 16. The van der Waals surface area contributed by atoms with E-state index in [1.54, 1.807) is 0 Å². The molecule has 6 nitrogen and oxygen atoms in total. The molecular formula is C75H130O6.